The topological polar surface area (TPSA) is 41.6 Å². The Morgan fingerprint density at radius 2 is 1.95 bits per heavy atom. The molecular weight excluding hydrogens is 240 g/mol. The zero-order chi connectivity index (χ0) is 14.5. The molecule has 1 unspecified atom stereocenters. The molecule has 0 aromatic heterocycles. The summed E-state index contributed by atoms with van der Waals surface area (Å²) in [7, 11) is 3.27. The Kier molecular flexibility index (Phi) is 6.27. The third-order valence-electron chi connectivity index (χ3n) is 4.66. The zero-order valence-electron chi connectivity index (χ0n) is 13.2. The number of methoxy groups -OCH3 is 1. The van der Waals surface area contributed by atoms with Crippen LogP contribution in [0.25, 0.3) is 0 Å². The minimum absolute atomic E-state index is 0.172. The smallest absolute Gasteiger partial charge is 0.325 e. The van der Waals surface area contributed by atoms with E-state index in [4.69, 9.17) is 4.74 Å². The van der Waals surface area contributed by atoms with Crippen LogP contribution < -0.4 is 5.32 Å². The van der Waals surface area contributed by atoms with E-state index in [1.807, 2.05) is 14.0 Å². The van der Waals surface area contributed by atoms with Crippen molar-refractivity contribution in [2.45, 2.75) is 70.5 Å². The van der Waals surface area contributed by atoms with E-state index in [0.717, 1.165) is 19.4 Å². The van der Waals surface area contributed by atoms with E-state index < -0.39 is 5.54 Å². The maximum Gasteiger partial charge on any atom is 0.325 e. The van der Waals surface area contributed by atoms with Gasteiger partial charge in [0.15, 0.2) is 0 Å². The van der Waals surface area contributed by atoms with Crippen LogP contribution in [-0.4, -0.2) is 49.2 Å². The molecule has 112 valence electrons. The number of hydrogen-bond donors (Lipinski definition) is 1. The number of hydrogen-bond acceptors (Lipinski definition) is 4. The first-order valence-electron chi connectivity index (χ1n) is 7.47. The summed E-state index contributed by atoms with van der Waals surface area (Å²) in [4.78, 5) is 14.4. The van der Waals surface area contributed by atoms with Gasteiger partial charge in [-0.1, -0.05) is 6.42 Å². The molecule has 4 heteroatoms. The molecule has 1 N–H and O–H groups in total. The fourth-order valence-corrected chi connectivity index (χ4v) is 3.09. The Labute approximate surface area is 117 Å². The maximum absolute atomic E-state index is 11.8. The molecule has 4 nitrogen and oxygen atoms in total. The van der Waals surface area contributed by atoms with Crippen LogP contribution in [-0.2, 0) is 9.53 Å². The van der Waals surface area contributed by atoms with Crippen LogP contribution in [0.15, 0.2) is 0 Å². The van der Waals surface area contributed by atoms with Crippen LogP contribution in [0.1, 0.15) is 52.9 Å². The molecule has 1 aliphatic heterocycles. The maximum atomic E-state index is 11.8. The van der Waals surface area contributed by atoms with Gasteiger partial charge in [-0.15, -0.1) is 0 Å². The Morgan fingerprint density at radius 3 is 2.42 bits per heavy atom. The summed E-state index contributed by atoms with van der Waals surface area (Å²) in [5, 5.41) is 3.10. The van der Waals surface area contributed by atoms with Crippen LogP contribution in [0, 0.1) is 0 Å². The molecule has 0 bridgehead atoms. The van der Waals surface area contributed by atoms with Crippen LogP contribution in [0.3, 0.4) is 0 Å². The number of nitrogens with zero attached hydrogens (tertiary/aromatic N) is 1. The Morgan fingerprint density at radius 1 is 1.37 bits per heavy atom. The molecule has 0 aromatic carbocycles. The van der Waals surface area contributed by atoms with Gasteiger partial charge in [0.1, 0.15) is 5.54 Å². The van der Waals surface area contributed by atoms with E-state index in [1.54, 1.807) is 0 Å². The highest BCUT2D eigenvalue weighted by atomic mass is 16.5. The fraction of sp³-hybridized carbons (Fsp3) is 0.933. The quantitative estimate of drug-likeness (QED) is 0.751. The summed E-state index contributed by atoms with van der Waals surface area (Å²) in [6.07, 6.45) is 5.76. The van der Waals surface area contributed by atoms with E-state index in [2.05, 4.69) is 24.1 Å². The average molecular weight is 270 g/mol. The number of likely N-dealkylation sites (N-methyl/N-ethyl adjacent to an activating group) is 1. The first-order chi connectivity index (χ1) is 8.94. The summed E-state index contributed by atoms with van der Waals surface area (Å²) in [5.74, 6) is -0.172. The van der Waals surface area contributed by atoms with Crippen molar-refractivity contribution in [3.63, 3.8) is 0 Å². The fourth-order valence-electron chi connectivity index (χ4n) is 3.09. The second-order valence-corrected chi connectivity index (χ2v) is 6.04. The second kappa shape index (κ2) is 7.25. The number of carbonyl (C=O) groups excluding carboxylic acids is 1. The minimum atomic E-state index is -0.559. The number of carbonyl (C=O) groups is 1. The van der Waals surface area contributed by atoms with Crippen LogP contribution in [0.2, 0.25) is 0 Å². The Bertz CT molecular complexity index is 286. The minimum Gasteiger partial charge on any atom is -0.468 e. The predicted octanol–water partition coefficient (Wildman–Crippen LogP) is 2.18. The van der Waals surface area contributed by atoms with Crippen molar-refractivity contribution < 1.29 is 9.53 Å². The molecule has 1 aliphatic rings. The van der Waals surface area contributed by atoms with Gasteiger partial charge in [-0.3, -0.25) is 9.69 Å². The Hall–Kier alpha value is -0.610. The van der Waals surface area contributed by atoms with Gasteiger partial charge in [0.05, 0.1) is 7.11 Å². The van der Waals surface area contributed by atoms with Gasteiger partial charge in [0, 0.05) is 12.1 Å². The number of rotatable bonds is 6. The lowest BCUT2D eigenvalue weighted by Gasteiger charge is -2.39. The van der Waals surface area contributed by atoms with Gasteiger partial charge < -0.3 is 10.1 Å². The monoisotopic (exact) mass is 270 g/mol. The first kappa shape index (κ1) is 16.4. The first-order valence-corrected chi connectivity index (χ1v) is 7.47. The van der Waals surface area contributed by atoms with Gasteiger partial charge in [0.25, 0.3) is 0 Å². The third-order valence-corrected chi connectivity index (χ3v) is 4.66. The largest absolute Gasteiger partial charge is 0.468 e. The number of piperidine rings is 1. The van der Waals surface area contributed by atoms with Crippen molar-refractivity contribution in [2.24, 2.45) is 0 Å². The number of ether oxygens (including phenoxy) is 1. The zero-order valence-corrected chi connectivity index (χ0v) is 13.2. The third kappa shape index (κ3) is 4.18. The molecule has 0 spiro atoms. The summed E-state index contributed by atoms with van der Waals surface area (Å²) >= 11 is 0. The highest BCUT2D eigenvalue weighted by Crippen LogP contribution is 2.23. The standard InChI is InChI=1S/C15H30N2O2/c1-12-8-6-9-13(2)17(12)11-7-10-15(3,16-4)14(18)19-5/h12-13,16H,6-11H2,1-5H3/t12-,13+,15?. The van der Waals surface area contributed by atoms with Crippen LogP contribution in [0.5, 0.6) is 0 Å². The summed E-state index contributed by atoms with van der Waals surface area (Å²) < 4.78 is 4.88. The van der Waals surface area contributed by atoms with Gasteiger partial charge in [-0.25, -0.2) is 0 Å². The number of likely N-dealkylation sites (tertiary alicyclic amines) is 1. The Balaban J connectivity index is 2.45. The predicted molar refractivity (Wildman–Crippen MR) is 78.2 cm³/mol. The summed E-state index contributed by atoms with van der Waals surface area (Å²) in [5.41, 5.74) is -0.559. The molecule has 19 heavy (non-hydrogen) atoms. The van der Waals surface area contributed by atoms with Gasteiger partial charge in [0.2, 0.25) is 0 Å². The molecule has 0 radical (unpaired) electrons. The molecule has 0 aromatic rings. The van der Waals surface area contributed by atoms with Crippen molar-refractivity contribution >= 4 is 5.97 Å². The molecule has 1 fully saturated rings. The van der Waals surface area contributed by atoms with Crippen LogP contribution in [0.4, 0.5) is 0 Å². The van der Waals surface area contributed by atoms with E-state index >= 15 is 0 Å². The van der Waals surface area contributed by atoms with Gasteiger partial charge in [-0.05, 0) is 60.0 Å². The molecule has 3 atom stereocenters. The molecule has 0 aliphatic carbocycles. The SMILES string of the molecule is CNC(C)(CCCN1[C@H](C)CCC[C@@H]1C)C(=O)OC. The van der Waals surface area contributed by atoms with E-state index in [0.29, 0.717) is 12.1 Å². The van der Waals surface area contributed by atoms with Gasteiger partial charge in [-0.2, -0.15) is 0 Å². The number of nitrogens with one attached hydrogen (secondary N) is 1. The molecular formula is C15H30N2O2. The van der Waals surface area contributed by atoms with Crippen molar-refractivity contribution in [2.75, 3.05) is 20.7 Å². The normalized spacial score (nSPS) is 27.8. The van der Waals surface area contributed by atoms with Crippen molar-refractivity contribution in [1.82, 2.24) is 10.2 Å². The van der Waals surface area contributed by atoms with Crippen molar-refractivity contribution in [3.8, 4) is 0 Å². The average Bonchev–Trinajstić information content (AvgIpc) is 2.40. The summed E-state index contributed by atoms with van der Waals surface area (Å²) in [6, 6.07) is 1.34. The highest BCUT2D eigenvalue weighted by molar-refractivity contribution is 5.80. The second-order valence-electron chi connectivity index (χ2n) is 6.04. The lowest BCUT2D eigenvalue weighted by molar-refractivity contribution is -0.148. The molecule has 0 saturated carbocycles. The van der Waals surface area contributed by atoms with Crippen molar-refractivity contribution in [3.05, 3.63) is 0 Å². The lowest BCUT2D eigenvalue weighted by atomic mass is 9.93. The molecule has 0 amide bonds. The van der Waals surface area contributed by atoms with Crippen LogP contribution >= 0.6 is 0 Å². The molecule has 1 rings (SSSR count). The van der Waals surface area contributed by atoms with E-state index in [1.165, 1.54) is 26.4 Å². The van der Waals surface area contributed by atoms with Crippen molar-refractivity contribution in [1.29, 1.82) is 0 Å². The molecule has 1 heterocycles. The summed E-state index contributed by atoms with van der Waals surface area (Å²) in [6.45, 7) is 7.61. The highest BCUT2D eigenvalue weighted by Gasteiger charge is 2.32. The van der Waals surface area contributed by atoms with E-state index in [-0.39, 0.29) is 5.97 Å². The van der Waals surface area contributed by atoms with Gasteiger partial charge >= 0.3 is 5.97 Å². The number of esters is 1. The molecule has 1 saturated heterocycles. The lowest BCUT2D eigenvalue weighted by Crippen LogP contribution is -2.49. The van der Waals surface area contributed by atoms with E-state index in [9.17, 15) is 4.79 Å².